The van der Waals surface area contributed by atoms with Gasteiger partial charge in [-0.25, -0.2) is 0 Å². The van der Waals surface area contributed by atoms with E-state index in [9.17, 15) is 35.9 Å². The second-order valence-corrected chi connectivity index (χ2v) is 4.35. The number of amides is 1. The summed E-state index contributed by atoms with van der Waals surface area (Å²) in [7, 11) is 0. The van der Waals surface area contributed by atoms with Crippen LogP contribution in [0.2, 0.25) is 0 Å². The lowest BCUT2D eigenvalue weighted by atomic mass is 10.3. The van der Waals surface area contributed by atoms with Crippen LogP contribution in [0.5, 0.6) is 0 Å². The van der Waals surface area contributed by atoms with Gasteiger partial charge in [-0.2, -0.15) is 26.3 Å². The Kier molecular flexibility index (Phi) is 4.69. The number of carbonyl (C=O) groups is 2. The Morgan fingerprint density at radius 2 is 1.50 bits per heavy atom. The van der Waals surface area contributed by atoms with Crippen LogP contribution >= 0.6 is 11.8 Å². The molecule has 110 valence electrons. The van der Waals surface area contributed by atoms with Gasteiger partial charge in [0.25, 0.3) is 5.12 Å². The molecule has 0 aliphatic rings. The minimum atomic E-state index is -5.19. The quantitative estimate of drug-likeness (QED) is 0.672. The summed E-state index contributed by atoms with van der Waals surface area (Å²) in [5.41, 5.74) is -0.530. The molecular formula is C10H5F6NO2S. The zero-order valence-electron chi connectivity index (χ0n) is 9.30. The summed E-state index contributed by atoms with van der Waals surface area (Å²) in [5.74, 6) is -2.34. The van der Waals surface area contributed by atoms with E-state index in [0.29, 0.717) is 0 Å². The van der Waals surface area contributed by atoms with Crippen molar-refractivity contribution in [2.45, 2.75) is 17.2 Å². The average Bonchev–Trinajstić information content (AvgIpc) is 2.29. The zero-order chi connectivity index (χ0) is 15.6. The smallest absolute Gasteiger partial charge is 0.317 e. The molecule has 1 N–H and O–H groups in total. The number of nitrogens with one attached hydrogen (secondary N) is 1. The molecule has 20 heavy (non-hydrogen) atoms. The Labute approximate surface area is 112 Å². The highest BCUT2D eigenvalue weighted by molar-refractivity contribution is 8.14. The van der Waals surface area contributed by atoms with Crippen molar-refractivity contribution in [2.24, 2.45) is 0 Å². The maximum atomic E-state index is 12.1. The Morgan fingerprint density at radius 3 is 2.00 bits per heavy atom. The first-order chi connectivity index (χ1) is 9.01. The predicted octanol–water partition coefficient (Wildman–Crippen LogP) is 3.37. The van der Waals surface area contributed by atoms with Gasteiger partial charge in [0.2, 0.25) is 0 Å². The summed E-state index contributed by atoms with van der Waals surface area (Å²) < 4.78 is 72.4. The number of alkyl halides is 6. The monoisotopic (exact) mass is 317 g/mol. The number of carbonyl (C=O) groups excluding carboxylic acids is 2. The van der Waals surface area contributed by atoms with Crippen LogP contribution < -0.4 is 5.32 Å². The van der Waals surface area contributed by atoms with E-state index >= 15 is 0 Å². The molecule has 0 fully saturated rings. The van der Waals surface area contributed by atoms with E-state index < -0.39 is 34.0 Å². The van der Waals surface area contributed by atoms with Crippen LogP contribution in [0.25, 0.3) is 0 Å². The molecular weight excluding hydrogens is 312 g/mol. The molecule has 1 aromatic rings. The third-order valence-electron chi connectivity index (χ3n) is 1.83. The first-order valence-corrected chi connectivity index (χ1v) is 5.59. The summed E-state index contributed by atoms with van der Waals surface area (Å²) in [4.78, 5) is 21.1. The minimum absolute atomic E-state index is 0.316. The van der Waals surface area contributed by atoms with Crippen molar-refractivity contribution in [2.75, 3.05) is 5.32 Å². The number of hydrogen-bond acceptors (Lipinski definition) is 3. The van der Waals surface area contributed by atoms with Crippen LogP contribution in [0.3, 0.4) is 0 Å². The zero-order valence-corrected chi connectivity index (χ0v) is 10.1. The van der Waals surface area contributed by atoms with E-state index in [0.717, 1.165) is 12.1 Å². The van der Waals surface area contributed by atoms with E-state index in [-0.39, 0.29) is 11.8 Å². The van der Waals surface area contributed by atoms with Gasteiger partial charge in [0.1, 0.15) is 0 Å². The second-order valence-electron chi connectivity index (χ2n) is 3.34. The number of rotatable bonds is 2. The van der Waals surface area contributed by atoms with Gasteiger partial charge in [-0.1, -0.05) is 12.1 Å². The van der Waals surface area contributed by atoms with Gasteiger partial charge in [0.05, 0.1) is 5.69 Å². The molecule has 0 spiro atoms. The van der Waals surface area contributed by atoms with Crippen molar-refractivity contribution >= 4 is 28.5 Å². The SMILES string of the molecule is O=C(Nc1ccccc1SC(=O)C(F)(F)F)C(F)(F)F. The molecule has 0 heterocycles. The molecule has 0 saturated carbocycles. The van der Waals surface area contributed by atoms with E-state index in [1.54, 1.807) is 0 Å². The molecule has 10 heteroatoms. The number of para-hydroxylation sites is 1. The Morgan fingerprint density at radius 1 is 0.950 bits per heavy atom. The van der Waals surface area contributed by atoms with Gasteiger partial charge in [0, 0.05) is 4.90 Å². The Balaban J connectivity index is 2.95. The van der Waals surface area contributed by atoms with Gasteiger partial charge < -0.3 is 5.32 Å². The third-order valence-corrected chi connectivity index (χ3v) is 2.82. The predicted molar refractivity (Wildman–Crippen MR) is 58.0 cm³/mol. The molecule has 0 saturated heterocycles. The first-order valence-electron chi connectivity index (χ1n) is 4.78. The van der Waals surface area contributed by atoms with Crippen LogP contribution in [-0.2, 0) is 9.59 Å². The van der Waals surface area contributed by atoms with Crippen molar-refractivity contribution in [3.63, 3.8) is 0 Å². The summed E-state index contributed by atoms with van der Waals surface area (Å²) in [6, 6.07) is 4.36. The summed E-state index contributed by atoms with van der Waals surface area (Å²) in [6.07, 6.45) is -10.3. The highest BCUT2D eigenvalue weighted by Crippen LogP contribution is 2.34. The molecule has 0 atom stereocenters. The van der Waals surface area contributed by atoms with Crippen molar-refractivity contribution in [3.05, 3.63) is 24.3 Å². The lowest BCUT2D eigenvalue weighted by Crippen LogP contribution is -2.30. The number of anilines is 1. The van der Waals surface area contributed by atoms with Gasteiger partial charge in [-0.3, -0.25) is 9.59 Å². The summed E-state index contributed by atoms with van der Waals surface area (Å²) >= 11 is -0.316. The van der Waals surface area contributed by atoms with E-state index in [1.165, 1.54) is 17.4 Å². The Hall–Kier alpha value is -1.71. The standard InChI is InChI=1S/C10H5F6NO2S/c11-9(12,13)7(18)17-5-3-1-2-4-6(5)20-8(19)10(14,15)16/h1-4H,(H,17,18). The molecule has 0 aromatic heterocycles. The van der Waals surface area contributed by atoms with Gasteiger partial charge >= 0.3 is 18.3 Å². The molecule has 1 aromatic carbocycles. The molecule has 0 aliphatic heterocycles. The fourth-order valence-corrected chi connectivity index (χ4v) is 1.70. The maximum Gasteiger partial charge on any atom is 0.471 e. The molecule has 3 nitrogen and oxygen atoms in total. The average molecular weight is 317 g/mol. The molecule has 0 bridgehead atoms. The molecule has 0 aliphatic carbocycles. The van der Waals surface area contributed by atoms with Crippen molar-refractivity contribution < 1.29 is 35.9 Å². The summed E-state index contributed by atoms with van der Waals surface area (Å²) in [5, 5.41) is -0.800. The van der Waals surface area contributed by atoms with E-state index in [1.807, 2.05) is 0 Å². The molecule has 0 unspecified atom stereocenters. The van der Waals surface area contributed by atoms with Crippen LogP contribution in [0.1, 0.15) is 0 Å². The highest BCUT2D eigenvalue weighted by atomic mass is 32.2. The minimum Gasteiger partial charge on any atom is -0.317 e. The third kappa shape index (κ3) is 4.44. The van der Waals surface area contributed by atoms with Gasteiger partial charge in [-0.15, -0.1) is 0 Å². The maximum absolute atomic E-state index is 12.1. The molecule has 0 radical (unpaired) electrons. The van der Waals surface area contributed by atoms with Gasteiger partial charge in [-0.05, 0) is 23.9 Å². The van der Waals surface area contributed by atoms with Gasteiger partial charge in [0.15, 0.2) is 0 Å². The highest BCUT2D eigenvalue weighted by Gasteiger charge is 2.41. The van der Waals surface area contributed by atoms with Crippen molar-refractivity contribution in [3.8, 4) is 0 Å². The molecule has 1 amide bonds. The Bertz CT molecular complexity index is 478. The van der Waals surface area contributed by atoms with E-state index in [4.69, 9.17) is 0 Å². The van der Waals surface area contributed by atoms with Crippen LogP contribution in [-0.4, -0.2) is 23.4 Å². The topological polar surface area (TPSA) is 46.2 Å². The fourth-order valence-electron chi connectivity index (χ4n) is 1.01. The lowest BCUT2D eigenvalue weighted by Gasteiger charge is -2.12. The summed E-state index contributed by atoms with van der Waals surface area (Å²) in [6.45, 7) is 0. The van der Waals surface area contributed by atoms with Crippen LogP contribution in [0.15, 0.2) is 29.2 Å². The van der Waals surface area contributed by atoms with Crippen LogP contribution in [0.4, 0.5) is 32.0 Å². The van der Waals surface area contributed by atoms with Crippen molar-refractivity contribution in [1.82, 2.24) is 0 Å². The lowest BCUT2D eigenvalue weighted by molar-refractivity contribution is -0.167. The number of hydrogen-bond donors (Lipinski definition) is 1. The van der Waals surface area contributed by atoms with E-state index in [2.05, 4.69) is 0 Å². The number of benzene rings is 1. The largest absolute Gasteiger partial charge is 0.471 e. The second kappa shape index (κ2) is 5.73. The number of halogens is 6. The van der Waals surface area contributed by atoms with Crippen LogP contribution in [0, 0.1) is 0 Å². The first kappa shape index (κ1) is 16.3. The normalized spacial score (nSPS) is 12.1. The number of thioether (sulfide) groups is 1. The fraction of sp³-hybridized carbons (Fsp3) is 0.200. The van der Waals surface area contributed by atoms with Crippen molar-refractivity contribution in [1.29, 1.82) is 0 Å². The molecule has 1 rings (SSSR count).